The van der Waals surface area contributed by atoms with Crippen LogP contribution >= 0.6 is 11.8 Å². The fraction of sp³-hybridized carbons (Fsp3) is 0.0476. The van der Waals surface area contributed by atoms with Gasteiger partial charge in [0.05, 0.1) is 5.75 Å². The Labute approximate surface area is 158 Å². The summed E-state index contributed by atoms with van der Waals surface area (Å²) in [5, 5.41) is 12.1. The zero-order chi connectivity index (χ0) is 18.2. The normalized spacial score (nSPS) is 11.4. The van der Waals surface area contributed by atoms with Crippen LogP contribution in [0.25, 0.3) is 32.8 Å². The topological polar surface area (TPSA) is 71.5 Å². The number of fused-ring (bicyclic) bond motifs is 4. The average Bonchev–Trinajstić information content (AvgIpc) is 3.09. The predicted molar refractivity (Wildman–Crippen MR) is 108 cm³/mol. The standard InChI is InChI=1S/C21H14N4OS/c26-18(15-10-9-13-5-1-2-6-14(13)11-15)12-27-21-23-20-19(24-25-21)16-7-3-4-8-17(16)22-20/h1-11H,12H2,(H,22,23,25). The molecule has 0 aliphatic rings. The maximum absolute atomic E-state index is 12.6. The summed E-state index contributed by atoms with van der Waals surface area (Å²) in [4.78, 5) is 20.3. The van der Waals surface area contributed by atoms with Gasteiger partial charge in [-0.15, -0.1) is 10.2 Å². The fourth-order valence-corrected chi connectivity index (χ4v) is 3.82. The number of carbonyl (C=O) groups is 1. The van der Waals surface area contributed by atoms with Crippen LogP contribution in [0.15, 0.2) is 71.9 Å². The van der Waals surface area contributed by atoms with Crippen molar-refractivity contribution in [2.24, 2.45) is 0 Å². The van der Waals surface area contributed by atoms with Crippen molar-refractivity contribution >= 4 is 50.4 Å². The number of ketones is 1. The van der Waals surface area contributed by atoms with Crippen molar-refractivity contribution in [2.75, 3.05) is 5.75 Å². The van der Waals surface area contributed by atoms with Crippen LogP contribution in [-0.4, -0.2) is 31.7 Å². The minimum Gasteiger partial charge on any atom is -0.338 e. The Morgan fingerprint density at radius 1 is 0.926 bits per heavy atom. The molecule has 0 amide bonds. The van der Waals surface area contributed by atoms with Gasteiger partial charge in [0.1, 0.15) is 5.52 Å². The number of aromatic amines is 1. The second kappa shape index (κ2) is 6.48. The molecule has 3 aromatic carbocycles. The molecule has 0 atom stereocenters. The number of rotatable bonds is 4. The van der Waals surface area contributed by atoms with E-state index < -0.39 is 0 Å². The maximum atomic E-state index is 12.6. The van der Waals surface area contributed by atoms with E-state index in [2.05, 4.69) is 20.2 Å². The van der Waals surface area contributed by atoms with Gasteiger partial charge in [-0.3, -0.25) is 4.79 Å². The lowest BCUT2D eigenvalue weighted by atomic mass is 10.1. The summed E-state index contributed by atoms with van der Waals surface area (Å²) >= 11 is 1.30. The lowest BCUT2D eigenvalue weighted by molar-refractivity contribution is 0.102. The molecule has 0 radical (unpaired) electrons. The van der Waals surface area contributed by atoms with Gasteiger partial charge in [0.15, 0.2) is 11.4 Å². The molecular formula is C21H14N4OS. The molecule has 130 valence electrons. The van der Waals surface area contributed by atoms with Gasteiger partial charge < -0.3 is 4.98 Å². The number of Topliss-reactive ketones (excluding diaryl/α,β-unsaturated/α-hetero) is 1. The summed E-state index contributed by atoms with van der Waals surface area (Å²) < 4.78 is 0. The van der Waals surface area contributed by atoms with E-state index in [-0.39, 0.29) is 11.5 Å². The smallest absolute Gasteiger partial charge is 0.211 e. The number of para-hydroxylation sites is 1. The van der Waals surface area contributed by atoms with Crippen molar-refractivity contribution in [1.29, 1.82) is 0 Å². The molecule has 5 rings (SSSR count). The zero-order valence-corrected chi connectivity index (χ0v) is 15.0. The van der Waals surface area contributed by atoms with Crippen LogP contribution in [0.3, 0.4) is 0 Å². The van der Waals surface area contributed by atoms with E-state index in [1.807, 2.05) is 66.7 Å². The minimum absolute atomic E-state index is 0.0473. The number of nitrogens with one attached hydrogen (secondary N) is 1. The van der Waals surface area contributed by atoms with E-state index in [0.717, 1.165) is 27.2 Å². The quantitative estimate of drug-likeness (QED) is 0.369. The Kier molecular flexibility index (Phi) is 3.83. The lowest BCUT2D eigenvalue weighted by Gasteiger charge is -2.03. The summed E-state index contributed by atoms with van der Waals surface area (Å²) in [7, 11) is 0. The number of H-pyrrole nitrogens is 1. The third-order valence-corrected chi connectivity index (χ3v) is 5.34. The average molecular weight is 370 g/mol. The third-order valence-electron chi connectivity index (χ3n) is 4.51. The highest BCUT2D eigenvalue weighted by Gasteiger charge is 2.12. The third kappa shape index (κ3) is 2.94. The van der Waals surface area contributed by atoms with Crippen molar-refractivity contribution in [3.63, 3.8) is 0 Å². The summed E-state index contributed by atoms with van der Waals surface area (Å²) in [6.45, 7) is 0. The van der Waals surface area contributed by atoms with E-state index in [1.165, 1.54) is 11.8 Å². The van der Waals surface area contributed by atoms with Gasteiger partial charge >= 0.3 is 0 Å². The van der Waals surface area contributed by atoms with Crippen molar-refractivity contribution in [2.45, 2.75) is 5.16 Å². The number of carbonyl (C=O) groups excluding carboxylic acids is 1. The Balaban J connectivity index is 1.38. The molecule has 0 saturated carbocycles. The molecule has 5 nitrogen and oxygen atoms in total. The van der Waals surface area contributed by atoms with E-state index in [1.54, 1.807) is 0 Å². The first-order chi connectivity index (χ1) is 13.3. The molecule has 5 aromatic rings. The number of benzene rings is 3. The van der Waals surface area contributed by atoms with Crippen LogP contribution in [0.2, 0.25) is 0 Å². The molecule has 27 heavy (non-hydrogen) atoms. The highest BCUT2D eigenvalue weighted by molar-refractivity contribution is 7.99. The molecule has 2 heterocycles. The zero-order valence-electron chi connectivity index (χ0n) is 14.2. The number of thioether (sulfide) groups is 1. The summed E-state index contributed by atoms with van der Waals surface area (Å²) in [5.74, 6) is 0.317. The summed E-state index contributed by atoms with van der Waals surface area (Å²) in [5.41, 5.74) is 3.10. The molecule has 6 heteroatoms. The Morgan fingerprint density at radius 2 is 1.74 bits per heavy atom. The summed E-state index contributed by atoms with van der Waals surface area (Å²) in [6.07, 6.45) is 0. The molecule has 0 saturated heterocycles. The first kappa shape index (κ1) is 16.0. The number of nitrogens with zero attached hydrogens (tertiary/aromatic N) is 3. The van der Waals surface area contributed by atoms with Crippen molar-refractivity contribution in [3.8, 4) is 0 Å². The maximum Gasteiger partial charge on any atom is 0.211 e. The molecule has 2 aromatic heterocycles. The van der Waals surface area contributed by atoms with Crippen LogP contribution in [-0.2, 0) is 0 Å². The van der Waals surface area contributed by atoms with Crippen LogP contribution in [0.4, 0.5) is 0 Å². The van der Waals surface area contributed by atoms with Crippen LogP contribution in [0, 0.1) is 0 Å². The SMILES string of the molecule is O=C(CSc1nnc2c(n1)[nH]c1ccccc12)c1ccc2ccccc2c1. The van der Waals surface area contributed by atoms with Gasteiger partial charge in [0, 0.05) is 16.5 Å². The number of hydrogen-bond acceptors (Lipinski definition) is 5. The number of hydrogen-bond donors (Lipinski definition) is 1. The molecule has 1 N–H and O–H groups in total. The lowest BCUT2D eigenvalue weighted by Crippen LogP contribution is -2.03. The first-order valence-corrected chi connectivity index (χ1v) is 9.52. The second-order valence-electron chi connectivity index (χ2n) is 6.24. The Hall–Kier alpha value is -3.25. The van der Waals surface area contributed by atoms with Gasteiger partial charge in [-0.2, -0.15) is 0 Å². The van der Waals surface area contributed by atoms with E-state index in [9.17, 15) is 4.79 Å². The van der Waals surface area contributed by atoms with E-state index in [0.29, 0.717) is 16.4 Å². The molecular weight excluding hydrogens is 356 g/mol. The molecule has 0 fully saturated rings. The molecule has 0 bridgehead atoms. The van der Waals surface area contributed by atoms with Gasteiger partial charge in [0.2, 0.25) is 5.16 Å². The first-order valence-electron chi connectivity index (χ1n) is 8.54. The Morgan fingerprint density at radius 3 is 2.67 bits per heavy atom. The molecule has 0 aliphatic carbocycles. The highest BCUT2D eigenvalue weighted by atomic mass is 32.2. The molecule has 0 unspecified atom stereocenters. The van der Waals surface area contributed by atoms with Gasteiger partial charge in [0.25, 0.3) is 0 Å². The summed E-state index contributed by atoms with van der Waals surface area (Å²) in [6, 6.07) is 21.7. The minimum atomic E-state index is 0.0473. The van der Waals surface area contributed by atoms with Gasteiger partial charge in [-0.05, 0) is 22.9 Å². The van der Waals surface area contributed by atoms with Gasteiger partial charge in [-0.1, -0.05) is 66.4 Å². The van der Waals surface area contributed by atoms with Crippen molar-refractivity contribution in [1.82, 2.24) is 20.2 Å². The highest BCUT2D eigenvalue weighted by Crippen LogP contribution is 2.24. The number of aromatic nitrogens is 4. The predicted octanol–water partition coefficient (Wildman–Crippen LogP) is 4.63. The Bertz CT molecular complexity index is 1310. The van der Waals surface area contributed by atoms with Crippen LogP contribution < -0.4 is 0 Å². The monoisotopic (exact) mass is 370 g/mol. The van der Waals surface area contributed by atoms with E-state index in [4.69, 9.17) is 0 Å². The van der Waals surface area contributed by atoms with Crippen molar-refractivity contribution in [3.05, 3.63) is 72.3 Å². The fourth-order valence-electron chi connectivity index (χ4n) is 3.14. The van der Waals surface area contributed by atoms with Crippen LogP contribution in [0.1, 0.15) is 10.4 Å². The van der Waals surface area contributed by atoms with E-state index >= 15 is 0 Å². The van der Waals surface area contributed by atoms with Crippen molar-refractivity contribution < 1.29 is 4.79 Å². The molecule has 0 spiro atoms. The largest absolute Gasteiger partial charge is 0.338 e. The second-order valence-corrected chi connectivity index (χ2v) is 7.18. The van der Waals surface area contributed by atoms with Gasteiger partial charge in [-0.25, -0.2) is 4.98 Å². The van der Waals surface area contributed by atoms with Crippen LogP contribution in [0.5, 0.6) is 0 Å². The molecule has 0 aliphatic heterocycles.